The molecule has 0 atom stereocenters. The summed E-state index contributed by atoms with van der Waals surface area (Å²) in [5.41, 5.74) is 6.02. The minimum Gasteiger partial charge on any atom is -0.493 e. The molecule has 3 heteroatoms. The predicted octanol–water partition coefficient (Wildman–Crippen LogP) is 1.93. The second-order valence-corrected chi connectivity index (χ2v) is 2.86. The van der Waals surface area contributed by atoms with Crippen LogP contribution in [0.4, 0.5) is 0 Å². The van der Waals surface area contributed by atoms with E-state index >= 15 is 0 Å². The van der Waals surface area contributed by atoms with Crippen molar-refractivity contribution in [3.8, 4) is 5.75 Å². The van der Waals surface area contributed by atoms with Crippen LogP contribution in [0.1, 0.15) is 12.0 Å². The SMILES string of the molecule is C=CCCOc1ccc(C(=N)N)cc1. The fraction of sp³-hybridized carbons (Fsp3) is 0.182. The standard InChI is InChI=1S/C11H14N2O/c1-2-3-8-14-10-6-4-9(5-7-10)11(12)13/h2,4-7H,1,3,8H2,(H3,12,13). The van der Waals surface area contributed by atoms with Crippen molar-refractivity contribution in [1.82, 2.24) is 0 Å². The van der Waals surface area contributed by atoms with Gasteiger partial charge in [0.2, 0.25) is 0 Å². The molecule has 0 spiro atoms. The quantitative estimate of drug-likeness (QED) is 0.322. The van der Waals surface area contributed by atoms with Crippen molar-refractivity contribution in [2.45, 2.75) is 6.42 Å². The Bertz CT molecular complexity index is 317. The lowest BCUT2D eigenvalue weighted by atomic mass is 10.2. The number of hydrogen-bond donors (Lipinski definition) is 2. The third-order valence-electron chi connectivity index (χ3n) is 1.76. The molecule has 0 saturated heterocycles. The highest BCUT2D eigenvalue weighted by atomic mass is 16.5. The molecule has 0 heterocycles. The van der Waals surface area contributed by atoms with Gasteiger partial charge in [-0.2, -0.15) is 0 Å². The molecule has 0 radical (unpaired) electrons. The Balaban J connectivity index is 2.55. The highest BCUT2D eigenvalue weighted by Crippen LogP contribution is 2.11. The van der Waals surface area contributed by atoms with Gasteiger partial charge in [-0.3, -0.25) is 5.41 Å². The number of rotatable bonds is 5. The minimum absolute atomic E-state index is 0.0719. The highest BCUT2D eigenvalue weighted by Gasteiger charge is 1.96. The van der Waals surface area contributed by atoms with Crippen molar-refractivity contribution in [2.75, 3.05) is 6.61 Å². The van der Waals surface area contributed by atoms with Gasteiger partial charge >= 0.3 is 0 Å². The molecule has 74 valence electrons. The lowest BCUT2D eigenvalue weighted by Crippen LogP contribution is -2.10. The van der Waals surface area contributed by atoms with Crippen molar-refractivity contribution < 1.29 is 4.74 Å². The first-order chi connectivity index (χ1) is 6.74. The van der Waals surface area contributed by atoms with Crippen LogP contribution in [0, 0.1) is 5.41 Å². The van der Waals surface area contributed by atoms with Crippen LogP contribution in [0.15, 0.2) is 36.9 Å². The van der Waals surface area contributed by atoms with Crippen LogP contribution in [0.5, 0.6) is 5.75 Å². The molecule has 0 aromatic heterocycles. The topological polar surface area (TPSA) is 59.1 Å². The summed E-state index contributed by atoms with van der Waals surface area (Å²) in [5, 5.41) is 7.20. The second kappa shape index (κ2) is 5.07. The van der Waals surface area contributed by atoms with Crippen LogP contribution in [-0.2, 0) is 0 Å². The fourth-order valence-electron chi connectivity index (χ4n) is 0.991. The summed E-state index contributed by atoms with van der Waals surface area (Å²) in [6, 6.07) is 7.15. The molecule has 14 heavy (non-hydrogen) atoms. The van der Waals surface area contributed by atoms with Gasteiger partial charge in [-0.1, -0.05) is 6.08 Å². The number of ether oxygens (including phenoxy) is 1. The second-order valence-electron chi connectivity index (χ2n) is 2.86. The molecule has 0 amide bonds. The molecule has 1 rings (SSSR count). The van der Waals surface area contributed by atoms with Crippen molar-refractivity contribution in [3.63, 3.8) is 0 Å². The molecular formula is C11H14N2O. The Labute approximate surface area is 83.7 Å². The first-order valence-electron chi connectivity index (χ1n) is 4.42. The zero-order chi connectivity index (χ0) is 10.4. The molecule has 0 saturated carbocycles. The highest BCUT2D eigenvalue weighted by molar-refractivity contribution is 5.94. The summed E-state index contributed by atoms with van der Waals surface area (Å²) in [5.74, 6) is 0.861. The van der Waals surface area contributed by atoms with Gasteiger partial charge in [-0.25, -0.2) is 0 Å². The summed E-state index contributed by atoms with van der Waals surface area (Å²) >= 11 is 0. The van der Waals surface area contributed by atoms with Gasteiger partial charge in [0.1, 0.15) is 11.6 Å². The van der Waals surface area contributed by atoms with Crippen molar-refractivity contribution in [1.29, 1.82) is 5.41 Å². The zero-order valence-electron chi connectivity index (χ0n) is 7.99. The third kappa shape index (κ3) is 2.94. The van der Waals surface area contributed by atoms with E-state index in [1.807, 2.05) is 6.08 Å². The van der Waals surface area contributed by atoms with E-state index in [2.05, 4.69) is 6.58 Å². The number of nitrogen functional groups attached to an aromatic ring is 1. The number of nitrogens with one attached hydrogen (secondary N) is 1. The molecule has 0 aliphatic carbocycles. The van der Waals surface area contributed by atoms with Crippen LogP contribution in [0.2, 0.25) is 0 Å². The Morgan fingerprint density at radius 2 is 2.07 bits per heavy atom. The normalized spacial score (nSPS) is 9.43. The van der Waals surface area contributed by atoms with Gasteiger partial charge in [-0.15, -0.1) is 6.58 Å². The van der Waals surface area contributed by atoms with Gasteiger partial charge in [0.25, 0.3) is 0 Å². The number of hydrogen-bond acceptors (Lipinski definition) is 2. The van der Waals surface area contributed by atoms with Crippen LogP contribution in [0.25, 0.3) is 0 Å². The maximum Gasteiger partial charge on any atom is 0.122 e. The van der Waals surface area contributed by atoms with Gasteiger partial charge < -0.3 is 10.5 Å². The lowest BCUT2D eigenvalue weighted by Gasteiger charge is -2.04. The number of amidine groups is 1. The molecule has 0 fully saturated rings. The molecule has 0 aliphatic rings. The van der Waals surface area contributed by atoms with Gasteiger partial charge in [0, 0.05) is 5.56 Å². The maximum absolute atomic E-state index is 7.20. The smallest absolute Gasteiger partial charge is 0.122 e. The average Bonchev–Trinajstić information content (AvgIpc) is 2.19. The molecule has 3 nitrogen and oxygen atoms in total. The number of benzene rings is 1. The maximum atomic E-state index is 7.20. The summed E-state index contributed by atoms with van der Waals surface area (Å²) in [6.07, 6.45) is 2.64. The molecule has 3 N–H and O–H groups in total. The van der Waals surface area contributed by atoms with E-state index in [4.69, 9.17) is 15.9 Å². The van der Waals surface area contributed by atoms with E-state index in [1.54, 1.807) is 24.3 Å². The van der Waals surface area contributed by atoms with E-state index in [0.717, 1.165) is 12.2 Å². The Morgan fingerprint density at radius 3 is 2.57 bits per heavy atom. The van der Waals surface area contributed by atoms with Crippen LogP contribution in [0.3, 0.4) is 0 Å². The monoisotopic (exact) mass is 190 g/mol. The van der Waals surface area contributed by atoms with Gasteiger partial charge in [0.05, 0.1) is 6.61 Å². The Morgan fingerprint density at radius 1 is 1.43 bits per heavy atom. The summed E-state index contributed by atoms with van der Waals surface area (Å²) in [6.45, 7) is 4.23. The largest absolute Gasteiger partial charge is 0.493 e. The number of nitrogens with two attached hydrogens (primary N) is 1. The average molecular weight is 190 g/mol. The molecule has 0 unspecified atom stereocenters. The summed E-state index contributed by atoms with van der Waals surface area (Å²) < 4.78 is 5.40. The van der Waals surface area contributed by atoms with Crippen molar-refractivity contribution in [3.05, 3.63) is 42.5 Å². The zero-order valence-corrected chi connectivity index (χ0v) is 7.99. The van der Waals surface area contributed by atoms with E-state index in [1.165, 1.54) is 0 Å². The van der Waals surface area contributed by atoms with Gasteiger partial charge in [0.15, 0.2) is 0 Å². The van der Waals surface area contributed by atoms with Crippen LogP contribution < -0.4 is 10.5 Å². The Kier molecular flexibility index (Phi) is 3.73. The first-order valence-corrected chi connectivity index (χ1v) is 4.42. The van der Waals surface area contributed by atoms with Crippen molar-refractivity contribution >= 4 is 5.84 Å². The van der Waals surface area contributed by atoms with Crippen LogP contribution in [-0.4, -0.2) is 12.4 Å². The van der Waals surface area contributed by atoms with Crippen molar-refractivity contribution in [2.24, 2.45) is 5.73 Å². The molecular weight excluding hydrogens is 176 g/mol. The summed E-state index contributed by atoms with van der Waals surface area (Å²) in [4.78, 5) is 0. The molecule has 0 bridgehead atoms. The molecule has 1 aromatic rings. The fourth-order valence-corrected chi connectivity index (χ4v) is 0.991. The van der Waals surface area contributed by atoms with E-state index in [0.29, 0.717) is 12.2 Å². The molecule has 0 aliphatic heterocycles. The summed E-state index contributed by atoms with van der Waals surface area (Å²) in [7, 11) is 0. The van der Waals surface area contributed by atoms with E-state index in [9.17, 15) is 0 Å². The predicted molar refractivity (Wildman–Crippen MR) is 57.8 cm³/mol. The molecule has 1 aromatic carbocycles. The minimum atomic E-state index is 0.0719. The van der Waals surface area contributed by atoms with E-state index < -0.39 is 0 Å². The van der Waals surface area contributed by atoms with Crippen LogP contribution >= 0.6 is 0 Å². The third-order valence-corrected chi connectivity index (χ3v) is 1.76. The van der Waals surface area contributed by atoms with Gasteiger partial charge in [-0.05, 0) is 30.7 Å². The lowest BCUT2D eigenvalue weighted by molar-refractivity contribution is 0.325. The first kappa shape index (κ1) is 10.3. The Hall–Kier alpha value is -1.77. The van der Waals surface area contributed by atoms with E-state index in [-0.39, 0.29) is 5.84 Å².